The topological polar surface area (TPSA) is 73.9 Å². The van der Waals surface area contributed by atoms with Crippen LogP contribution >= 0.6 is 23.2 Å². The average Bonchev–Trinajstić information content (AvgIpc) is 2.63. The van der Waals surface area contributed by atoms with Crippen LogP contribution in [0.25, 0.3) is 0 Å². The minimum absolute atomic E-state index is 0.0142. The van der Waals surface area contributed by atoms with Crippen molar-refractivity contribution >= 4 is 40.8 Å². The molecule has 0 saturated carbocycles. The van der Waals surface area contributed by atoms with E-state index in [4.69, 9.17) is 37.4 Å². The van der Waals surface area contributed by atoms with Gasteiger partial charge in [0.05, 0.1) is 31.4 Å². The molecule has 0 radical (unpaired) electrons. The zero-order chi connectivity index (χ0) is 20.0. The van der Waals surface area contributed by atoms with E-state index in [-0.39, 0.29) is 6.42 Å². The first kappa shape index (κ1) is 20.9. The lowest BCUT2D eigenvalue weighted by Gasteiger charge is -2.15. The maximum Gasteiger partial charge on any atom is 0.311 e. The van der Waals surface area contributed by atoms with E-state index in [0.717, 1.165) is 0 Å². The van der Waals surface area contributed by atoms with E-state index in [2.05, 4.69) is 5.32 Å². The molecule has 1 amide bonds. The van der Waals surface area contributed by atoms with E-state index in [1.165, 1.54) is 27.2 Å². The number of rotatable bonds is 7. The lowest BCUT2D eigenvalue weighted by molar-refractivity contribution is -0.152. The molecule has 0 bridgehead atoms. The molecule has 0 aliphatic rings. The zero-order valence-corrected chi connectivity index (χ0v) is 16.6. The highest BCUT2D eigenvalue weighted by Crippen LogP contribution is 2.28. The third-order valence-electron chi connectivity index (χ3n) is 3.66. The van der Waals surface area contributed by atoms with Gasteiger partial charge in [0.1, 0.15) is 0 Å². The molecule has 0 heterocycles. The summed E-state index contributed by atoms with van der Waals surface area (Å²) in [6, 6.07) is 9.77. The molecule has 6 nitrogen and oxygen atoms in total. The van der Waals surface area contributed by atoms with Crippen molar-refractivity contribution in [1.29, 1.82) is 0 Å². The Hall–Kier alpha value is -2.44. The first-order chi connectivity index (χ1) is 12.8. The number of nitrogens with one attached hydrogen (secondary N) is 1. The number of carbonyl (C=O) groups is 2. The quantitative estimate of drug-likeness (QED) is 0.693. The van der Waals surface area contributed by atoms with Crippen molar-refractivity contribution in [2.75, 3.05) is 19.5 Å². The number of ether oxygens (including phenoxy) is 3. The van der Waals surface area contributed by atoms with E-state index in [1.807, 2.05) is 0 Å². The molecule has 0 aromatic heterocycles. The van der Waals surface area contributed by atoms with E-state index >= 15 is 0 Å². The van der Waals surface area contributed by atoms with Crippen LogP contribution in [-0.4, -0.2) is 32.2 Å². The predicted octanol–water partition coefficient (Wildman–Crippen LogP) is 4.12. The SMILES string of the molecule is COc1ccc(CC(=O)O[C@H](C)C(=O)Nc2ccc(Cl)cc2Cl)cc1OC. The first-order valence-corrected chi connectivity index (χ1v) is 8.76. The highest BCUT2D eigenvalue weighted by Gasteiger charge is 2.19. The largest absolute Gasteiger partial charge is 0.493 e. The Morgan fingerprint density at radius 3 is 2.37 bits per heavy atom. The number of hydrogen-bond donors (Lipinski definition) is 1. The van der Waals surface area contributed by atoms with Crippen LogP contribution in [0.3, 0.4) is 0 Å². The van der Waals surface area contributed by atoms with Gasteiger partial charge in [-0.3, -0.25) is 9.59 Å². The number of halogens is 2. The summed E-state index contributed by atoms with van der Waals surface area (Å²) >= 11 is 11.8. The fourth-order valence-electron chi connectivity index (χ4n) is 2.27. The second kappa shape index (κ2) is 9.48. The third kappa shape index (κ3) is 5.77. The summed E-state index contributed by atoms with van der Waals surface area (Å²) in [6.07, 6.45) is -1.01. The van der Waals surface area contributed by atoms with Crippen molar-refractivity contribution < 1.29 is 23.8 Å². The van der Waals surface area contributed by atoms with Crippen LogP contribution in [-0.2, 0) is 20.7 Å². The average molecular weight is 412 g/mol. The van der Waals surface area contributed by atoms with E-state index < -0.39 is 18.0 Å². The normalized spacial score (nSPS) is 11.4. The highest BCUT2D eigenvalue weighted by molar-refractivity contribution is 6.36. The summed E-state index contributed by atoms with van der Waals surface area (Å²) in [5.41, 5.74) is 1.06. The summed E-state index contributed by atoms with van der Waals surface area (Å²) in [4.78, 5) is 24.3. The van der Waals surface area contributed by atoms with E-state index in [0.29, 0.717) is 32.8 Å². The fraction of sp³-hybridized carbons (Fsp3) is 0.263. The van der Waals surface area contributed by atoms with Crippen molar-refractivity contribution in [2.24, 2.45) is 0 Å². The second-order valence-corrected chi connectivity index (χ2v) is 6.46. The number of carbonyl (C=O) groups excluding carboxylic acids is 2. The molecule has 2 aromatic rings. The molecule has 0 aliphatic carbocycles. The zero-order valence-electron chi connectivity index (χ0n) is 15.0. The number of anilines is 1. The number of methoxy groups -OCH3 is 2. The van der Waals surface area contributed by atoms with Gasteiger partial charge < -0.3 is 19.5 Å². The van der Waals surface area contributed by atoms with Crippen LogP contribution in [0.2, 0.25) is 10.0 Å². The van der Waals surface area contributed by atoms with Gasteiger partial charge in [-0.1, -0.05) is 29.3 Å². The van der Waals surface area contributed by atoms with Crippen LogP contribution < -0.4 is 14.8 Å². The van der Waals surface area contributed by atoms with Crippen LogP contribution in [0.4, 0.5) is 5.69 Å². The van der Waals surface area contributed by atoms with Gasteiger partial charge in [-0.25, -0.2) is 0 Å². The van der Waals surface area contributed by atoms with Gasteiger partial charge in [0.25, 0.3) is 5.91 Å². The summed E-state index contributed by atoms with van der Waals surface area (Å²) in [7, 11) is 3.04. The molecule has 0 aliphatic heterocycles. The summed E-state index contributed by atoms with van der Waals surface area (Å²) in [5, 5.41) is 3.34. The summed E-state index contributed by atoms with van der Waals surface area (Å²) < 4.78 is 15.5. The molecule has 0 unspecified atom stereocenters. The molecule has 1 N–H and O–H groups in total. The van der Waals surface area contributed by atoms with Gasteiger partial charge in [-0.15, -0.1) is 0 Å². The van der Waals surface area contributed by atoms with Crippen LogP contribution in [0.15, 0.2) is 36.4 Å². The van der Waals surface area contributed by atoms with Gasteiger partial charge in [0.2, 0.25) is 0 Å². The van der Waals surface area contributed by atoms with Gasteiger partial charge in [-0.05, 0) is 42.8 Å². The number of esters is 1. The lowest BCUT2D eigenvalue weighted by Crippen LogP contribution is -2.30. The monoisotopic (exact) mass is 411 g/mol. The minimum Gasteiger partial charge on any atom is -0.493 e. The molecule has 2 rings (SSSR count). The van der Waals surface area contributed by atoms with Crippen molar-refractivity contribution in [1.82, 2.24) is 0 Å². The maximum atomic E-state index is 12.2. The number of amides is 1. The standard InChI is InChI=1S/C19H19Cl2NO5/c1-11(19(24)22-15-6-5-13(20)10-14(15)21)27-18(23)9-12-4-7-16(25-2)17(8-12)26-3/h4-8,10-11H,9H2,1-3H3,(H,22,24)/t11-/m1/s1. The first-order valence-electron chi connectivity index (χ1n) is 8.00. The Morgan fingerprint density at radius 2 is 1.74 bits per heavy atom. The summed E-state index contributed by atoms with van der Waals surface area (Å²) in [6.45, 7) is 1.48. The molecule has 0 spiro atoms. The lowest BCUT2D eigenvalue weighted by atomic mass is 10.1. The Labute approximate surface area is 167 Å². The fourth-order valence-corrected chi connectivity index (χ4v) is 2.73. The smallest absolute Gasteiger partial charge is 0.311 e. The molecular weight excluding hydrogens is 393 g/mol. The Bertz CT molecular complexity index is 841. The van der Waals surface area contributed by atoms with E-state index in [1.54, 1.807) is 30.3 Å². The van der Waals surface area contributed by atoms with Gasteiger partial charge in [0.15, 0.2) is 17.6 Å². The van der Waals surface area contributed by atoms with E-state index in [9.17, 15) is 9.59 Å². The van der Waals surface area contributed by atoms with Crippen molar-refractivity contribution in [2.45, 2.75) is 19.4 Å². The van der Waals surface area contributed by atoms with Gasteiger partial charge in [-0.2, -0.15) is 0 Å². The molecule has 0 saturated heterocycles. The molecule has 27 heavy (non-hydrogen) atoms. The van der Waals surface area contributed by atoms with Gasteiger partial charge >= 0.3 is 5.97 Å². The molecular formula is C19H19Cl2NO5. The summed E-state index contributed by atoms with van der Waals surface area (Å²) in [5.74, 6) is 0.0140. The molecule has 2 aromatic carbocycles. The van der Waals surface area contributed by atoms with Crippen LogP contribution in [0, 0.1) is 0 Å². The second-order valence-electron chi connectivity index (χ2n) is 5.61. The Balaban J connectivity index is 1.95. The molecule has 0 fully saturated rings. The Morgan fingerprint density at radius 1 is 1.04 bits per heavy atom. The molecule has 1 atom stereocenters. The van der Waals surface area contributed by atoms with Crippen molar-refractivity contribution in [3.05, 3.63) is 52.0 Å². The van der Waals surface area contributed by atoms with Crippen molar-refractivity contribution in [3.63, 3.8) is 0 Å². The molecule has 8 heteroatoms. The number of benzene rings is 2. The van der Waals surface area contributed by atoms with Crippen LogP contribution in [0.5, 0.6) is 11.5 Å². The predicted molar refractivity (Wildman–Crippen MR) is 104 cm³/mol. The Kier molecular flexibility index (Phi) is 7.33. The third-order valence-corrected chi connectivity index (χ3v) is 4.21. The van der Waals surface area contributed by atoms with Crippen molar-refractivity contribution in [3.8, 4) is 11.5 Å². The highest BCUT2D eigenvalue weighted by atomic mass is 35.5. The maximum absolute atomic E-state index is 12.2. The number of hydrogen-bond acceptors (Lipinski definition) is 5. The van der Waals surface area contributed by atoms with Gasteiger partial charge in [0, 0.05) is 5.02 Å². The van der Waals surface area contributed by atoms with Crippen LogP contribution in [0.1, 0.15) is 12.5 Å². The minimum atomic E-state index is -0.996. The molecule has 144 valence electrons.